The van der Waals surface area contributed by atoms with Gasteiger partial charge in [0.2, 0.25) is 5.91 Å². The second-order valence-electron chi connectivity index (χ2n) is 6.80. The number of hydrogen-bond acceptors (Lipinski definition) is 2. The molecule has 0 bridgehead atoms. The Hall–Kier alpha value is -1.32. The van der Waals surface area contributed by atoms with Crippen molar-refractivity contribution in [3.05, 3.63) is 18.2 Å². The first-order chi connectivity index (χ1) is 8.09. The molecule has 1 aromatic rings. The lowest BCUT2D eigenvalue weighted by atomic mass is 9.82. The van der Waals surface area contributed by atoms with Crippen LogP contribution in [0, 0.1) is 5.41 Å². The predicted molar refractivity (Wildman–Crippen MR) is 73.2 cm³/mol. The van der Waals surface area contributed by atoms with Crippen LogP contribution in [0.3, 0.4) is 0 Å². The molecule has 18 heavy (non-hydrogen) atoms. The van der Waals surface area contributed by atoms with Crippen LogP contribution in [0.2, 0.25) is 0 Å². The van der Waals surface area contributed by atoms with E-state index in [1.165, 1.54) is 0 Å². The van der Waals surface area contributed by atoms with Gasteiger partial charge < -0.3 is 9.88 Å². The number of amides is 1. The van der Waals surface area contributed by atoms with E-state index in [1.54, 1.807) is 6.20 Å². The van der Waals surface area contributed by atoms with E-state index >= 15 is 0 Å². The molecule has 1 amide bonds. The molecule has 4 heteroatoms. The maximum atomic E-state index is 12.0. The molecular formula is C14H25N3O. The van der Waals surface area contributed by atoms with Gasteiger partial charge in [0.05, 0.1) is 6.42 Å². The van der Waals surface area contributed by atoms with Crippen LogP contribution >= 0.6 is 0 Å². The topological polar surface area (TPSA) is 46.9 Å². The molecule has 0 saturated heterocycles. The molecule has 0 atom stereocenters. The molecule has 0 saturated carbocycles. The van der Waals surface area contributed by atoms with Crippen LogP contribution in [-0.2, 0) is 18.3 Å². The summed E-state index contributed by atoms with van der Waals surface area (Å²) in [6.45, 7) is 10.7. The minimum absolute atomic E-state index is 0.0264. The van der Waals surface area contributed by atoms with E-state index in [1.807, 2.05) is 17.8 Å². The highest BCUT2D eigenvalue weighted by Gasteiger charge is 2.27. The summed E-state index contributed by atoms with van der Waals surface area (Å²) in [6, 6.07) is 0. The van der Waals surface area contributed by atoms with Crippen LogP contribution in [0.5, 0.6) is 0 Å². The average Bonchev–Trinajstić information content (AvgIpc) is 2.45. The van der Waals surface area contributed by atoms with Gasteiger partial charge in [-0.1, -0.05) is 20.8 Å². The fraction of sp³-hybridized carbons (Fsp3) is 0.714. The number of rotatable bonds is 4. The normalized spacial score (nSPS) is 12.6. The Morgan fingerprint density at radius 3 is 2.39 bits per heavy atom. The third kappa shape index (κ3) is 4.90. The molecule has 1 N–H and O–H groups in total. The minimum atomic E-state index is -0.194. The van der Waals surface area contributed by atoms with Crippen molar-refractivity contribution >= 4 is 5.91 Å². The highest BCUT2D eigenvalue weighted by molar-refractivity contribution is 5.78. The quantitative estimate of drug-likeness (QED) is 0.892. The van der Waals surface area contributed by atoms with Crippen molar-refractivity contribution in [2.45, 2.75) is 53.0 Å². The number of carbonyl (C=O) groups excluding carboxylic acids is 1. The van der Waals surface area contributed by atoms with Crippen LogP contribution in [0.25, 0.3) is 0 Å². The molecule has 0 aromatic carbocycles. The first kappa shape index (κ1) is 14.7. The van der Waals surface area contributed by atoms with Crippen molar-refractivity contribution in [3.8, 4) is 0 Å². The Kier molecular flexibility index (Phi) is 4.20. The Bertz CT molecular complexity index is 413. The van der Waals surface area contributed by atoms with Gasteiger partial charge in [0.25, 0.3) is 0 Å². The van der Waals surface area contributed by atoms with Crippen molar-refractivity contribution < 1.29 is 4.79 Å². The van der Waals surface area contributed by atoms with Gasteiger partial charge in [0, 0.05) is 25.0 Å². The Morgan fingerprint density at radius 1 is 1.33 bits per heavy atom. The number of carbonyl (C=O) groups is 1. The number of aromatic nitrogens is 2. The summed E-state index contributed by atoms with van der Waals surface area (Å²) in [7, 11) is 1.90. The first-order valence-corrected chi connectivity index (χ1v) is 6.36. The number of nitrogens with one attached hydrogen (secondary N) is 1. The maximum Gasteiger partial charge on any atom is 0.228 e. The van der Waals surface area contributed by atoms with Gasteiger partial charge in [-0.2, -0.15) is 0 Å². The Balaban J connectivity index is 2.57. The zero-order valence-corrected chi connectivity index (χ0v) is 12.4. The van der Waals surface area contributed by atoms with Crippen LogP contribution in [0.4, 0.5) is 0 Å². The molecular weight excluding hydrogens is 226 g/mol. The van der Waals surface area contributed by atoms with Crippen molar-refractivity contribution in [1.82, 2.24) is 14.9 Å². The standard InChI is InChI=1S/C14H25N3O/c1-13(2,3)10-14(4,5)16-12(18)9-11-15-7-8-17(11)6/h7-8H,9-10H2,1-6H3,(H,16,18). The van der Waals surface area contributed by atoms with Gasteiger partial charge in [-0.05, 0) is 25.7 Å². The van der Waals surface area contributed by atoms with Gasteiger partial charge in [0.15, 0.2) is 0 Å². The summed E-state index contributed by atoms with van der Waals surface area (Å²) in [5.41, 5.74) is 0.000497. The lowest BCUT2D eigenvalue weighted by Crippen LogP contribution is -2.46. The minimum Gasteiger partial charge on any atom is -0.351 e. The highest BCUT2D eigenvalue weighted by Crippen LogP contribution is 2.26. The Morgan fingerprint density at radius 2 is 1.94 bits per heavy atom. The van der Waals surface area contributed by atoms with Crippen molar-refractivity contribution in [3.63, 3.8) is 0 Å². The first-order valence-electron chi connectivity index (χ1n) is 6.36. The van der Waals surface area contributed by atoms with Gasteiger partial charge in [-0.3, -0.25) is 4.79 Å². The molecule has 0 spiro atoms. The van der Waals surface area contributed by atoms with Crippen molar-refractivity contribution in [1.29, 1.82) is 0 Å². The molecule has 0 aliphatic carbocycles. The third-order valence-electron chi connectivity index (χ3n) is 2.69. The SMILES string of the molecule is Cn1ccnc1CC(=O)NC(C)(C)CC(C)(C)C. The number of hydrogen-bond donors (Lipinski definition) is 1. The summed E-state index contributed by atoms with van der Waals surface area (Å²) in [4.78, 5) is 16.2. The van der Waals surface area contributed by atoms with E-state index in [-0.39, 0.29) is 16.9 Å². The molecule has 0 fully saturated rings. The zero-order chi connectivity index (χ0) is 14.0. The predicted octanol–water partition coefficient (Wildman–Crippen LogP) is 2.29. The highest BCUT2D eigenvalue weighted by atomic mass is 16.1. The second kappa shape index (κ2) is 5.12. The van der Waals surface area contributed by atoms with Gasteiger partial charge >= 0.3 is 0 Å². The van der Waals surface area contributed by atoms with Crippen LogP contribution in [0.1, 0.15) is 46.9 Å². The van der Waals surface area contributed by atoms with E-state index < -0.39 is 0 Å². The summed E-state index contributed by atoms with van der Waals surface area (Å²) < 4.78 is 1.87. The fourth-order valence-electron chi connectivity index (χ4n) is 2.50. The maximum absolute atomic E-state index is 12.0. The molecule has 0 aliphatic heterocycles. The molecule has 1 aromatic heterocycles. The number of imidazole rings is 1. The summed E-state index contributed by atoms with van der Waals surface area (Å²) in [6.07, 6.45) is 4.83. The van der Waals surface area contributed by atoms with E-state index in [0.717, 1.165) is 12.2 Å². The lowest BCUT2D eigenvalue weighted by molar-refractivity contribution is -0.122. The van der Waals surface area contributed by atoms with E-state index in [2.05, 4.69) is 44.9 Å². The molecule has 0 aliphatic rings. The zero-order valence-electron chi connectivity index (χ0n) is 12.4. The average molecular weight is 251 g/mol. The molecule has 1 heterocycles. The van der Waals surface area contributed by atoms with Gasteiger partial charge in [0.1, 0.15) is 5.82 Å². The second-order valence-corrected chi connectivity index (χ2v) is 6.80. The smallest absolute Gasteiger partial charge is 0.228 e. The molecule has 0 unspecified atom stereocenters. The van der Waals surface area contributed by atoms with Gasteiger partial charge in [-0.25, -0.2) is 4.98 Å². The number of nitrogens with zero attached hydrogens (tertiary/aromatic N) is 2. The molecule has 0 radical (unpaired) electrons. The van der Waals surface area contributed by atoms with E-state index in [4.69, 9.17) is 0 Å². The van der Waals surface area contributed by atoms with Crippen molar-refractivity contribution in [2.75, 3.05) is 0 Å². The van der Waals surface area contributed by atoms with Crippen molar-refractivity contribution in [2.24, 2.45) is 12.5 Å². The third-order valence-corrected chi connectivity index (χ3v) is 2.69. The molecule has 1 rings (SSSR count). The van der Waals surface area contributed by atoms with Crippen LogP contribution in [-0.4, -0.2) is 21.0 Å². The largest absolute Gasteiger partial charge is 0.351 e. The summed E-state index contributed by atoms with van der Waals surface area (Å²) >= 11 is 0. The van der Waals surface area contributed by atoms with Gasteiger partial charge in [-0.15, -0.1) is 0 Å². The Labute approximate surface area is 110 Å². The van der Waals surface area contributed by atoms with Crippen LogP contribution in [0.15, 0.2) is 12.4 Å². The summed E-state index contributed by atoms with van der Waals surface area (Å²) in [5.74, 6) is 0.817. The molecule has 102 valence electrons. The van der Waals surface area contributed by atoms with Crippen LogP contribution < -0.4 is 5.32 Å². The monoisotopic (exact) mass is 251 g/mol. The van der Waals surface area contributed by atoms with E-state index in [0.29, 0.717) is 6.42 Å². The number of aryl methyl sites for hydroxylation is 1. The summed E-state index contributed by atoms with van der Waals surface area (Å²) in [5, 5.41) is 3.09. The fourth-order valence-corrected chi connectivity index (χ4v) is 2.50. The lowest BCUT2D eigenvalue weighted by Gasteiger charge is -2.33. The molecule has 4 nitrogen and oxygen atoms in total. The van der Waals surface area contributed by atoms with E-state index in [9.17, 15) is 4.79 Å².